The van der Waals surface area contributed by atoms with Crippen molar-refractivity contribution in [2.75, 3.05) is 20.8 Å². The number of methoxy groups -OCH3 is 2. The summed E-state index contributed by atoms with van der Waals surface area (Å²) in [5.74, 6) is -1.71. The van der Waals surface area contributed by atoms with Gasteiger partial charge in [0.1, 0.15) is 5.76 Å². The molecule has 2 aromatic rings. The second-order valence-corrected chi connectivity index (χ2v) is 6.71. The number of amides is 1. The topological polar surface area (TPSA) is 76.1 Å². The Kier molecular flexibility index (Phi) is 6.14. The molecule has 146 valence electrons. The van der Waals surface area contributed by atoms with Crippen molar-refractivity contribution in [1.29, 1.82) is 0 Å². The van der Waals surface area contributed by atoms with Gasteiger partial charge >= 0.3 is 0 Å². The maximum atomic E-state index is 12.8. The minimum Gasteiger partial charge on any atom is -0.507 e. The van der Waals surface area contributed by atoms with Crippen LogP contribution in [0.15, 0.2) is 60.2 Å². The van der Waals surface area contributed by atoms with Crippen LogP contribution in [-0.4, -0.2) is 48.8 Å². The molecule has 0 spiro atoms. The number of likely N-dealkylation sites (tertiary alicyclic amines) is 1. The molecule has 1 saturated heterocycles. The lowest BCUT2D eigenvalue weighted by atomic mass is 9.95. The van der Waals surface area contributed by atoms with E-state index in [1.807, 2.05) is 0 Å². The lowest BCUT2D eigenvalue weighted by Gasteiger charge is -2.28. The first-order chi connectivity index (χ1) is 13.5. The van der Waals surface area contributed by atoms with Crippen LogP contribution in [0.3, 0.4) is 0 Å². The monoisotopic (exact) mass is 401 g/mol. The van der Waals surface area contributed by atoms with Gasteiger partial charge in [-0.1, -0.05) is 54.1 Å². The van der Waals surface area contributed by atoms with Gasteiger partial charge in [0, 0.05) is 24.8 Å². The number of rotatable bonds is 6. The molecule has 0 saturated carbocycles. The number of halogens is 1. The Morgan fingerprint density at radius 2 is 1.68 bits per heavy atom. The maximum absolute atomic E-state index is 12.8. The second kappa shape index (κ2) is 8.56. The van der Waals surface area contributed by atoms with Gasteiger partial charge in [-0.2, -0.15) is 0 Å². The van der Waals surface area contributed by atoms with E-state index in [-0.39, 0.29) is 17.9 Å². The highest BCUT2D eigenvalue weighted by Gasteiger charge is 2.46. The van der Waals surface area contributed by atoms with Gasteiger partial charge in [-0.3, -0.25) is 9.59 Å². The number of carbonyl (C=O) groups excluding carboxylic acids is 2. The Morgan fingerprint density at radius 1 is 1.07 bits per heavy atom. The molecular formula is C21H20ClNO5. The highest BCUT2D eigenvalue weighted by atomic mass is 35.5. The Balaban J connectivity index is 2.15. The third kappa shape index (κ3) is 3.80. The van der Waals surface area contributed by atoms with Gasteiger partial charge in [0.05, 0.1) is 18.2 Å². The molecule has 3 rings (SSSR count). The molecule has 0 bridgehead atoms. The molecule has 0 radical (unpaired) electrons. The quantitative estimate of drug-likeness (QED) is 0.347. The molecule has 1 atom stereocenters. The Labute approximate surface area is 167 Å². The Morgan fingerprint density at radius 3 is 2.25 bits per heavy atom. The summed E-state index contributed by atoms with van der Waals surface area (Å²) >= 11 is 5.99. The number of aliphatic hydroxyl groups excluding tert-OH is 1. The normalized spacial score (nSPS) is 18.9. The van der Waals surface area contributed by atoms with E-state index in [9.17, 15) is 14.7 Å². The summed E-state index contributed by atoms with van der Waals surface area (Å²) in [6.45, 7) is 0.0242. The minimum atomic E-state index is -0.787. The van der Waals surface area contributed by atoms with Crippen molar-refractivity contribution in [1.82, 2.24) is 4.90 Å². The minimum absolute atomic E-state index is 0.0180. The summed E-state index contributed by atoms with van der Waals surface area (Å²) in [7, 11) is 2.90. The van der Waals surface area contributed by atoms with Crippen molar-refractivity contribution in [2.24, 2.45) is 0 Å². The number of carbonyl (C=O) groups is 2. The second-order valence-electron chi connectivity index (χ2n) is 6.27. The summed E-state index contributed by atoms with van der Waals surface area (Å²) in [5.41, 5.74) is 1.12. The van der Waals surface area contributed by atoms with E-state index in [4.69, 9.17) is 21.1 Å². The van der Waals surface area contributed by atoms with Crippen molar-refractivity contribution < 1.29 is 24.2 Å². The number of nitrogens with zero attached hydrogens (tertiary/aromatic N) is 1. The number of ether oxygens (including phenoxy) is 2. The average Bonchev–Trinajstić information content (AvgIpc) is 2.97. The van der Waals surface area contributed by atoms with Crippen LogP contribution in [0.4, 0.5) is 0 Å². The van der Waals surface area contributed by atoms with Crippen molar-refractivity contribution in [3.8, 4) is 0 Å². The summed E-state index contributed by atoms with van der Waals surface area (Å²) in [6, 6.07) is 14.6. The Hall–Kier alpha value is -2.67. The zero-order valence-corrected chi connectivity index (χ0v) is 16.2. The fourth-order valence-electron chi connectivity index (χ4n) is 3.22. The molecule has 1 unspecified atom stereocenters. The van der Waals surface area contributed by atoms with E-state index >= 15 is 0 Å². The van der Waals surface area contributed by atoms with Crippen molar-refractivity contribution >= 4 is 29.1 Å². The van der Waals surface area contributed by atoms with Crippen LogP contribution in [0.2, 0.25) is 5.02 Å². The predicted octanol–water partition coefficient (Wildman–Crippen LogP) is 3.38. The molecule has 0 aromatic heterocycles. The number of hydrogen-bond donors (Lipinski definition) is 1. The van der Waals surface area contributed by atoms with Gasteiger partial charge in [-0.15, -0.1) is 0 Å². The SMILES string of the molecule is COC(CN1C(=O)C(=O)C(=C(O)c2ccccc2)C1c1ccc(Cl)cc1)OC. The highest BCUT2D eigenvalue weighted by molar-refractivity contribution is 6.46. The lowest BCUT2D eigenvalue weighted by molar-refractivity contribution is -0.149. The number of Topliss-reactive ketones (excluding diaryl/α,β-unsaturated/α-hetero) is 1. The van der Waals surface area contributed by atoms with Gasteiger partial charge in [0.15, 0.2) is 6.29 Å². The number of benzene rings is 2. The highest BCUT2D eigenvalue weighted by Crippen LogP contribution is 2.39. The molecule has 1 heterocycles. The zero-order chi connectivity index (χ0) is 20.3. The standard InChI is InChI=1S/C21H20ClNO5/c1-27-16(28-2)12-23-18(13-8-10-15(22)11-9-13)17(20(25)21(23)26)19(24)14-6-4-3-5-7-14/h3-11,16,18,24H,12H2,1-2H3. The molecular weight excluding hydrogens is 382 g/mol. The summed E-state index contributed by atoms with van der Waals surface area (Å²) < 4.78 is 10.4. The van der Waals surface area contributed by atoms with Gasteiger partial charge in [0.2, 0.25) is 0 Å². The number of ketones is 1. The van der Waals surface area contributed by atoms with Gasteiger partial charge in [-0.25, -0.2) is 0 Å². The number of aliphatic hydroxyl groups is 1. The van der Waals surface area contributed by atoms with Crippen LogP contribution in [0.25, 0.3) is 5.76 Å². The van der Waals surface area contributed by atoms with Crippen LogP contribution < -0.4 is 0 Å². The zero-order valence-electron chi connectivity index (χ0n) is 15.5. The van der Waals surface area contributed by atoms with E-state index < -0.39 is 24.0 Å². The fraction of sp³-hybridized carbons (Fsp3) is 0.238. The van der Waals surface area contributed by atoms with E-state index in [0.717, 1.165) is 0 Å². The summed E-state index contributed by atoms with van der Waals surface area (Å²) in [6.07, 6.45) is -0.718. The van der Waals surface area contributed by atoms with E-state index in [1.54, 1.807) is 54.6 Å². The molecule has 1 aliphatic heterocycles. The van der Waals surface area contributed by atoms with Gasteiger partial charge < -0.3 is 19.5 Å². The van der Waals surface area contributed by atoms with E-state index in [1.165, 1.54) is 19.1 Å². The van der Waals surface area contributed by atoms with Crippen LogP contribution in [-0.2, 0) is 19.1 Å². The largest absolute Gasteiger partial charge is 0.507 e. The summed E-state index contributed by atoms with van der Waals surface area (Å²) in [5, 5.41) is 11.4. The first-order valence-electron chi connectivity index (χ1n) is 8.62. The van der Waals surface area contributed by atoms with Crippen molar-refractivity contribution in [3.05, 3.63) is 76.3 Å². The van der Waals surface area contributed by atoms with Crippen LogP contribution >= 0.6 is 11.6 Å². The van der Waals surface area contributed by atoms with E-state index in [2.05, 4.69) is 0 Å². The molecule has 1 N–H and O–H groups in total. The third-order valence-corrected chi connectivity index (χ3v) is 4.90. The molecule has 1 amide bonds. The molecule has 6 nitrogen and oxygen atoms in total. The first kappa shape index (κ1) is 20.1. The lowest BCUT2D eigenvalue weighted by Crippen LogP contribution is -2.38. The fourth-order valence-corrected chi connectivity index (χ4v) is 3.34. The van der Waals surface area contributed by atoms with Crippen LogP contribution in [0, 0.1) is 0 Å². The maximum Gasteiger partial charge on any atom is 0.295 e. The van der Waals surface area contributed by atoms with Crippen LogP contribution in [0.1, 0.15) is 17.2 Å². The molecule has 28 heavy (non-hydrogen) atoms. The van der Waals surface area contributed by atoms with Gasteiger partial charge in [-0.05, 0) is 17.7 Å². The van der Waals surface area contributed by atoms with Crippen LogP contribution in [0.5, 0.6) is 0 Å². The molecule has 2 aromatic carbocycles. The first-order valence-corrected chi connectivity index (χ1v) is 9.00. The smallest absolute Gasteiger partial charge is 0.295 e. The molecule has 7 heteroatoms. The molecule has 0 aliphatic carbocycles. The predicted molar refractivity (Wildman–Crippen MR) is 105 cm³/mol. The van der Waals surface area contributed by atoms with Crippen molar-refractivity contribution in [2.45, 2.75) is 12.3 Å². The third-order valence-electron chi connectivity index (χ3n) is 4.64. The Bertz CT molecular complexity index is 891. The van der Waals surface area contributed by atoms with E-state index in [0.29, 0.717) is 16.1 Å². The summed E-state index contributed by atoms with van der Waals surface area (Å²) in [4.78, 5) is 26.9. The van der Waals surface area contributed by atoms with Gasteiger partial charge in [0.25, 0.3) is 11.7 Å². The molecule has 1 aliphatic rings. The van der Waals surface area contributed by atoms with Crippen molar-refractivity contribution in [3.63, 3.8) is 0 Å². The molecule has 1 fully saturated rings. The average molecular weight is 402 g/mol. The number of hydrogen-bond acceptors (Lipinski definition) is 5.